The SMILES string of the molecule is COC(=O)C=CCN[C@H](C(=O)OC(C)(C)C)c1ccccc1. The molecule has 1 rings (SSSR count). The van der Waals surface area contributed by atoms with Gasteiger partial charge in [0.15, 0.2) is 0 Å². The molecule has 1 N–H and O–H groups in total. The number of carbonyl (C=O) groups excluding carboxylic acids is 2. The average molecular weight is 305 g/mol. The maximum Gasteiger partial charge on any atom is 0.330 e. The van der Waals surface area contributed by atoms with Crippen molar-refractivity contribution in [3.8, 4) is 0 Å². The van der Waals surface area contributed by atoms with Crippen LogP contribution in [0.25, 0.3) is 0 Å². The van der Waals surface area contributed by atoms with E-state index in [0.29, 0.717) is 6.54 Å². The smallest absolute Gasteiger partial charge is 0.330 e. The number of ether oxygens (including phenoxy) is 2. The fourth-order valence-electron chi connectivity index (χ4n) is 1.75. The van der Waals surface area contributed by atoms with E-state index in [0.717, 1.165) is 5.56 Å². The second-order valence-corrected chi connectivity index (χ2v) is 5.71. The minimum absolute atomic E-state index is 0.341. The predicted octanol–water partition coefficient (Wildman–Crippen LogP) is 2.39. The molecular formula is C17H23NO4. The van der Waals surface area contributed by atoms with Crippen LogP contribution in [-0.4, -0.2) is 31.2 Å². The van der Waals surface area contributed by atoms with E-state index in [2.05, 4.69) is 10.1 Å². The van der Waals surface area contributed by atoms with E-state index in [1.54, 1.807) is 6.08 Å². The molecule has 0 aliphatic carbocycles. The van der Waals surface area contributed by atoms with Crippen LogP contribution < -0.4 is 5.32 Å². The molecule has 22 heavy (non-hydrogen) atoms. The van der Waals surface area contributed by atoms with Crippen LogP contribution in [0.4, 0.5) is 0 Å². The molecule has 0 amide bonds. The summed E-state index contributed by atoms with van der Waals surface area (Å²) >= 11 is 0. The summed E-state index contributed by atoms with van der Waals surface area (Å²) in [4.78, 5) is 23.4. The summed E-state index contributed by atoms with van der Waals surface area (Å²) in [7, 11) is 1.31. The van der Waals surface area contributed by atoms with E-state index in [9.17, 15) is 9.59 Å². The van der Waals surface area contributed by atoms with Gasteiger partial charge in [0.2, 0.25) is 0 Å². The van der Waals surface area contributed by atoms with Crippen molar-refractivity contribution in [2.24, 2.45) is 0 Å². The van der Waals surface area contributed by atoms with Gasteiger partial charge in [-0.15, -0.1) is 0 Å². The first kappa shape index (κ1) is 17.9. The molecule has 1 atom stereocenters. The Bertz CT molecular complexity index is 517. The zero-order chi connectivity index (χ0) is 16.6. The van der Waals surface area contributed by atoms with Gasteiger partial charge in [-0.25, -0.2) is 9.59 Å². The molecule has 5 heteroatoms. The molecule has 0 unspecified atom stereocenters. The molecule has 0 aliphatic heterocycles. The van der Waals surface area contributed by atoms with Crippen molar-refractivity contribution in [2.45, 2.75) is 32.4 Å². The van der Waals surface area contributed by atoms with Crippen LogP contribution in [0.1, 0.15) is 32.4 Å². The number of carbonyl (C=O) groups is 2. The van der Waals surface area contributed by atoms with Gasteiger partial charge in [0.1, 0.15) is 11.6 Å². The standard InChI is InChI=1S/C17H23NO4/c1-17(2,3)22-16(20)15(13-9-6-5-7-10-13)18-12-8-11-14(19)21-4/h5-11,15,18H,12H2,1-4H3/t15-/m0/s1. The molecule has 1 aromatic carbocycles. The Morgan fingerprint density at radius 2 is 1.86 bits per heavy atom. The number of hydrogen-bond acceptors (Lipinski definition) is 5. The van der Waals surface area contributed by atoms with Gasteiger partial charge in [0, 0.05) is 12.6 Å². The molecular weight excluding hydrogens is 282 g/mol. The van der Waals surface area contributed by atoms with Gasteiger partial charge in [-0.3, -0.25) is 5.32 Å². The third kappa shape index (κ3) is 6.54. The van der Waals surface area contributed by atoms with Crippen molar-refractivity contribution in [3.05, 3.63) is 48.0 Å². The van der Waals surface area contributed by atoms with E-state index < -0.39 is 17.6 Å². The molecule has 0 aromatic heterocycles. The first-order valence-corrected chi connectivity index (χ1v) is 7.09. The molecule has 0 fully saturated rings. The second kappa shape index (κ2) is 8.34. The average Bonchev–Trinajstić information content (AvgIpc) is 2.45. The Morgan fingerprint density at radius 1 is 1.23 bits per heavy atom. The molecule has 1 aromatic rings. The minimum Gasteiger partial charge on any atom is -0.466 e. The van der Waals surface area contributed by atoms with Gasteiger partial charge < -0.3 is 9.47 Å². The van der Waals surface area contributed by atoms with Gasteiger partial charge in [-0.2, -0.15) is 0 Å². The summed E-state index contributed by atoms with van der Waals surface area (Å²) in [5.74, 6) is -0.791. The molecule has 0 saturated carbocycles. The molecule has 0 saturated heterocycles. The lowest BCUT2D eigenvalue weighted by Crippen LogP contribution is -2.35. The van der Waals surface area contributed by atoms with Crippen LogP contribution in [0.3, 0.4) is 0 Å². The van der Waals surface area contributed by atoms with Gasteiger partial charge in [-0.1, -0.05) is 36.4 Å². The molecule has 0 radical (unpaired) electrons. The summed E-state index contributed by atoms with van der Waals surface area (Å²) < 4.78 is 9.95. The first-order valence-electron chi connectivity index (χ1n) is 7.09. The monoisotopic (exact) mass is 305 g/mol. The van der Waals surface area contributed by atoms with Crippen LogP contribution >= 0.6 is 0 Å². The van der Waals surface area contributed by atoms with Gasteiger partial charge in [0.25, 0.3) is 0 Å². The number of esters is 2. The van der Waals surface area contributed by atoms with Crippen molar-refractivity contribution < 1.29 is 19.1 Å². The summed E-state index contributed by atoms with van der Waals surface area (Å²) in [6.45, 7) is 5.81. The molecule has 5 nitrogen and oxygen atoms in total. The lowest BCUT2D eigenvalue weighted by Gasteiger charge is -2.24. The number of benzene rings is 1. The Kier molecular flexibility index (Phi) is 6.79. The summed E-state index contributed by atoms with van der Waals surface area (Å²) in [6.07, 6.45) is 2.91. The lowest BCUT2D eigenvalue weighted by atomic mass is 10.1. The van der Waals surface area contributed by atoms with Crippen molar-refractivity contribution in [2.75, 3.05) is 13.7 Å². The third-order valence-corrected chi connectivity index (χ3v) is 2.67. The van der Waals surface area contributed by atoms with Crippen molar-refractivity contribution in [1.82, 2.24) is 5.32 Å². The highest BCUT2D eigenvalue weighted by Crippen LogP contribution is 2.18. The van der Waals surface area contributed by atoms with Gasteiger partial charge in [0.05, 0.1) is 7.11 Å². The summed E-state index contributed by atoms with van der Waals surface area (Å²) in [5, 5.41) is 3.07. The zero-order valence-corrected chi connectivity index (χ0v) is 13.5. The summed E-state index contributed by atoms with van der Waals surface area (Å²) in [6, 6.07) is 8.71. The number of methoxy groups -OCH3 is 1. The molecule has 120 valence electrons. The quantitative estimate of drug-likeness (QED) is 0.646. The number of rotatable bonds is 6. The number of nitrogens with one attached hydrogen (secondary N) is 1. The number of hydrogen-bond donors (Lipinski definition) is 1. The zero-order valence-electron chi connectivity index (χ0n) is 13.5. The molecule has 0 spiro atoms. The van der Waals surface area contributed by atoms with Crippen LogP contribution in [0.2, 0.25) is 0 Å². The first-order chi connectivity index (χ1) is 10.3. The molecule has 0 bridgehead atoms. The van der Waals surface area contributed by atoms with E-state index in [1.807, 2.05) is 51.1 Å². The van der Waals surface area contributed by atoms with Crippen LogP contribution in [0.5, 0.6) is 0 Å². The maximum absolute atomic E-state index is 12.3. The molecule has 0 heterocycles. The second-order valence-electron chi connectivity index (χ2n) is 5.71. The van der Waals surface area contributed by atoms with E-state index in [1.165, 1.54) is 13.2 Å². The van der Waals surface area contributed by atoms with E-state index >= 15 is 0 Å². The van der Waals surface area contributed by atoms with Crippen molar-refractivity contribution >= 4 is 11.9 Å². The predicted molar refractivity (Wildman–Crippen MR) is 84.2 cm³/mol. The summed E-state index contributed by atoms with van der Waals surface area (Å²) in [5.41, 5.74) is 0.247. The fraction of sp³-hybridized carbons (Fsp3) is 0.412. The van der Waals surface area contributed by atoms with Gasteiger partial charge >= 0.3 is 11.9 Å². The Balaban J connectivity index is 2.77. The Hall–Kier alpha value is -2.14. The van der Waals surface area contributed by atoms with Gasteiger partial charge in [-0.05, 0) is 26.3 Å². The minimum atomic E-state index is -0.595. The normalized spacial score (nSPS) is 12.9. The largest absolute Gasteiger partial charge is 0.466 e. The van der Waals surface area contributed by atoms with E-state index in [-0.39, 0.29) is 5.97 Å². The van der Waals surface area contributed by atoms with Crippen LogP contribution in [-0.2, 0) is 19.1 Å². The van der Waals surface area contributed by atoms with Crippen LogP contribution in [0.15, 0.2) is 42.5 Å². The third-order valence-electron chi connectivity index (χ3n) is 2.67. The Labute approximate surface area is 131 Å². The molecule has 0 aliphatic rings. The van der Waals surface area contributed by atoms with E-state index in [4.69, 9.17) is 4.74 Å². The Morgan fingerprint density at radius 3 is 2.41 bits per heavy atom. The fourth-order valence-corrected chi connectivity index (χ4v) is 1.75. The lowest BCUT2D eigenvalue weighted by molar-refractivity contribution is -0.157. The van der Waals surface area contributed by atoms with Crippen molar-refractivity contribution in [1.29, 1.82) is 0 Å². The topological polar surface area (TPSA) is 64.6 Å². The highest BCUT2D eigenvalue weighted by molar-refractivity contribution is 5.81. The van der Waals surface area contributed by atoms with Crippen molar-refractivity contribution in [3.63, 3.8) is 0 Å². The maximum atomic E-state index is 12.3. The highest BCUT2D eigenvalue weighted by atomic mass is 16.6. The van der Waals surface area contributed by atoms with Crippen LogP contribution in [0, 0.1) is 0 Å². The highest BCUT2D eigenvalue weighted by Gasteiger charge is 2.25.